The number of benzene rings is 2. The third-order valence-electron chi connectivity index (χ3n) is 3.75. The minimum atomic E-state index is 1.01. The molecule has 0 amide bonds. The van der Waals surface area contributed by atoms with Crippen LogP contribution < -0.4 is 0 Å². The lowest BCUT2D eigenvalue weighted by Gasteiger charge is -2.12. The van der Waals surface area contributed by atoms with Crippen molar-refractivity contribution in [2.45, 2.75) is 47.5 Å². The van der Waals surface area contributed by atoms with Gasteiger partial charge >= 0.3 is 0 Å². The fourth-order valence-electron chi connectivity index (χ4n) is 2.61. The molecule has 0 atom stereocenters. The van der Waals surface area contributed by atoms with E-state index in [1.165, 1.54) is 33.2 Å². The van der Waals surface area contributed by atoms with E-state index in [9.17, 15) is 0 Å². The normalized spacial score (nSPS) is 12.2. The van der Waals surface area contributed by atoms with Crippen LogP contribution in [0, 0.1) is 13.8 Å². The minimum absolute atomic E-state index is 1.01. The summed E-state index contributed by atoms with van der Waals surface area (Å²) in [6, 6.07) is 8.93. The van der Waals surface area contributed by atoms with Crippen LogP contribution in [0.25, 0.3) is 10.8 Å². The van der Waals surface area contributed by atoms with Crippen molar-refractivity contribution in [3.05, 3.63) is 41.0 Å². The third kappa shape index (κ3) is 2.70. The molecule has 2 aromatic carbocycles. The second-order valence-electron chi connectivity index (χ2n) is 5.29. The largest absolute Gasteiger partial charge is 0.258 e. The van der Waals surface area contributed by atoms with Gasteiger partial charge in [-0.3, -0.25) is 4.99 Å². The molecule has 0 aromatic heterocycles. The van der Waals surface area contributed by atoms with Crippen molar-refractivity contribution in [3.63, 3.8) is 0 Å². The highest BCUT2D eigenvalue weighted by Crippen LogP contribution is 2.31. The summed E-state index contributed by atoms with van der Waals surface area (Å²) in [6.45, 7) is 10.8. The van der Waals surface area contributed by atoms with Gasteiger partial charge in [-0.2, -0.15) is 0 Å². The van der Waals surface area contributed by atoms with Gasteiger partial charge in [-0.05, 0) is 61.6 Å². The van der Waals surface area contributed by atoms with Crippen molar-refractivity contribution in [1.82, 2.24) is 0 Å². The first-order chi connectivity index (χ1) is 9.06. The van der Waals surface area contributed by atoms with Crippen LogP contribution in [0.1, 0.15) is 43.9 Å². The number of hydrogen-bond acceptors (Lipinski definition) is 1. The number of fused-ring (bicyclic) bond motifs is 1. The van der Waals surface area contributed by atoms with E-state index in [2.05, 4.69) is 58.9 Å². The molecule has 0 unspecified atom stereocenters. The molecule has 0 heterocycles. The maximum Gasteiger partial charge on any atom is 0.0667 e. The van der Waals surface area contributed by atoms with Crippen LogP contribution in [-0.2, 0) is 6.42 Å². The van der Waals surface area contributed by atoms with Gasteiger partial charge in [0.2, 0.25) is 0 Å². The SMILES string of the molecule is CCC(C)=Nc1ccc2c(C)cc(C)cc2c1CC. The lowest BCUT2D eigenvalue weighted by Crippen LogP contribution is -1.92. The zero-order valence-corrected chi connectivity index (χ0v) is 12.7. The molecule has 19 heavy (non-hydrogen) atoms. The van der Waals surface area contributed by atoms with Crippen molar-refractivity contribution < 1.29 is 0 Å². The molecule has 0 bridgehead atoms. The first-order valence-corrected chi connectivity index (χ1v) is 7.13. The first kappa shape index (κ1) is 13.8. The molecule has 0 spiro atoms. The lowest BCUT2D eigenvalue weighted by molar-refractivity contribution is 1.14. The summed E-state index contributed by atoms with van der Waals surface area (Å²) in [5.41, 5.74) is 6.38. The fraction of sp³-hybridized carbons (Fsp3) is 0.389. The van der Waals surface area contributed by atoms with Crippen molar-refractivity contribution in [1.29, 1.82) is 0 Å². The molecular weight excluding hydrogens is 230 g/mol. The van der Waals surface area contributed by atoms with Crippen molar-refractivity contribution >= 4 is 22.2 Å². The summed E-state index contributed by atoms with van der Waals surface area (Å²) in [5, 5.41) is 2.72. The number of aliphatic imine (C=N–C) groups is 1. The highest BCUT2D eigenvalue weighted by Gasteiger charge is 2.08. The molecular formula is C18H23N. The summed E-state index contributed by atoms with van der Waals surface area (Å²) in [6.07, 6.45) is 2.03. The Bertz CT molecular complexity index is 636. The number of nitrogens with zero attached hydrogens (tertiary/aromatic N) is 1. The molecule has 0 saturated heterocycles. The van der Waals surface area contributed by atoms with E-state index in [0.717, 1.165) is 18.5 Å². The maximum atomic E-state index is 4.77. The summed E-state index contributed by atoms with van der Waals surface area (Å²) in [5.74, 6) is 0. The topological polar surface area (TPSA) is 12.4 Å². The van der Waals surface area contributed by atoms with Gasteiger partial charge in [0.1, 0.15) is 0 Å². The van der Waals surface area contributed by atoms with E-state index in [1.54, 1.807) is 0 Å². The highest BCUT2D eigenvalue weighted by molar-refractivity contribution is 5.94. The van der Waals surface area contributed by atoms with E-state index < -0.39 is 0 Å². The molecule has 0 aliphatic carbocycles. The Morgan fingerprint density at radius 3 is 2.42 bits per heavy atom. The Morgan fingerprint density at radius 2 is 1.79 bits per heavy atom. The summed E-state index contributed by atoms with van der Waals surface area (Å²) >= 11 is 0. The zero-order chi connectivity index (χ0) is 14.0. The maximum absolute atomic E-state index is 4.77. The molecule has 0 fully saturated rings. The summed E-state index contributed by atoms with van der Waals surface area (Å²) in [7, 11) is 0. The van der Waals surface area contributed by atoms with Crippen LogP contribution in [0.3, 0.4) is 0 Å². The molecule has 0 aliphatic rings. The van der Waals surface area contributed by atoms with E-state index in [0.29, 0.717) is 0 Å². The van der Waals surface area contributed by atoms with Gasteiger partial charge in [0.05, 0.1) is 5.69 Å². The van der Waals surface area contributed by atoms with E-state index in [4.69, 9.17) is 4.99 Å². The molecule has 1 nitrogen and oxygen atoms in total. The number of hydrogen-bond donors (Lipinski definition) is 0. The number of aryl methyl sites for hydroxylation is 3. The Balaban J connectivity index is 2.76. The van der Waals surface area contributed by atoms with Crippen LogP contribution >= 0.6 is 0 Å². The van der Waals surface area contributed by atoms with Crippen molar-refractivity contribution in [3.8, 4) is 0 Å². The predicted molar refractivity (Wildman–Crippen MR) is 85.9 cm³/mol. The summed E-state index contributed by atoms with van der Waals surface area (Å²) in [4.78, 5) is 4.77. The molecule has 100 valence electrons. The molecule has 0 aliphatic heterocycles. The van der Waals surface area contributed by atoms with Gasteiger partial charge in [-0.15, -0.1) is 0 Å². The molecule has 2 rings (SSSR count). The molecule has 0 saturated carbocycles. The Morgan fingerprint density at radius 1 is 1.05 bits per heavy atom. The lowest BCUT2D eigenvalue weighted by atomic mass is 9.96. The minimum Gasteiger partial charge on any atom is -0.258 e. The Labute approximate surface area is 116 Å². The Kier molecular flexibility index (Phi) is 4.04. The van der Waals surface area contributed by atoms with Crippen LogP contribution in [0.15, 0.2) is 29.3 Å². The number of rotatable bonds is 3. The van der Waals surface area contributed by atoms with Crippen molar-refractivity contribution in [2.75, 3.05) is 0 Å². The van der Waals surface area contributed by atoms with Gasteiger partial charge in [0, 0.05) is 5.71 Å². The second-order valence-corrected chi connectivity index (χ2v) is 5.29. The van der Waals surface area contributed by atoms with E-state index >= 15 is 0 Å². The van der Waals surface area contributed by atoms with Gasteiger partial charge in [0.15, 0.2) is 0 Å². The highest BCUT2D eigenvalue weighted by atomic mass is 14.7. The van der Waals surface area contributed by atoms with Gasteiger partial charge in [0.25, 0.3) is 0 Å². The standard InChI is InChI=1S/C18H23N/c1-6-14(5)19-18-9-8-16-13(4)10-12(3)11-17(16)15(18)7-2/h8-11H,6-7H2,1-5H3. The first-order valence-electron chi connectivity index (χ1n) is 7.13. The Hall–Kier alpha value is -1.63. The van der Waals surface area contributed by atoms with E-state index in [-0.39, 0.29) is 0 Å². The average Bonchev–Trinajstić information content (AvgIpc) is 2.37. The van der Waals surface area contributed by atoms with Crippen LogP contribution in [0.4, 0.5) is 5.69 Å². The smallest absolute Gasteiger partial charge is 0.0667 e. The molecule has 2 aromatic rings. The molecule has 0 radical (unpaired) electrons. The fourth-order valence-corrected chi connectivity index (χ4v) is 2.61. The summed E-state index contributed by atoms with van der Waals surface area (Å²) < 4.78 is 0. The average molecular weight is 253 g/mol. The quantitative estimate of drug-likeness (QED) is 0.638. The van der Waals surface area contributed by atoms with Gasteiger partial charge in [-0.25, -0.2) is 0 Å². The monoisotopic (exact) mass is 253 g/mol. The van der Waals surface area contributed by atoms with Crippen LogP contribution in [0.2, 0.25) is 0 Å². The third-order valence-corrected chi connectivity index (χ3v) is 3.75. The van der Waals surface area contributed by atoms with Gasteiger partial charge < -0.3 is 0 Å². The van der Waals surface area contributed by atoms with Crippen LogP contribution in [-0.4, -0.2) is 5.71 Å². The van der Waals surface area contributed by atoms with E-state index in [1.807, 2.05) is 0 Å². The van der Waals surface area contributed by atoms with Crippen molar-refractivity contribution in [2.24, 2.45) is 4.99 Å². The van der Waals surface area contributed by atoms with Crippen LogP contribution in [0.5, 0.6) is 0 Å². The predicted octanol–water partition coefficient (Wildman–Crippen LogP) is 5.52. The van der Waals surface area contributed by atoms with Gasteiger partial charge in [-0.1, -0.05) is 37.6 Å². The molecule has 0 N–H and O–H groups in total. The zero-order valence-electron chi connectivity index (χ0n) is 12.7. The molecule has 1 heteroatoms. The second kappa shape index (κ2) is 5.56.